The van der Waals surface area contributed by atoms with Gasteiger partial charge in [0.05, 0.1) is 11.3 Å². The predicted octanol–water partition coefficient (Wildman–Crippen LogP) is 2.70. The number of nitrogens with one attached hydrogen (secondary N) is 1. The van der Waals surface area contributed by atoms with Gasteiger partial charge in [-0.3, -0.25) is 18.8 Å². The summed E-state index contributed by atoms with van der Waals surface area (Å²) < 4.78 is 1.37. The fourth-order valence-corrected chi connectivity index (χ4v) is 3.93. The lowest BCUT2D eigenvalue weighted by molar-refractivity contribution is 0.100. The van der Waals surface area contributed by atoms with Gasteiger partial charge >= 0.3 is 0 Å². The quantitative estimate of drug-likeness (QED) is 0.533. The predicted molar refractivity (Wildman–Crippen MR) is 112 cm³/mol. The van der Waals surface area contributed by atoms with Crippen LogP contribution in [0.4, 0.5) is 5.69 Å². The van der Waals surface area contributed by atoms with E-state index in [0.29, 0.717) is 11.4 Å². The molecule has 2 aromatic heterocycles. The fraction of sp³-hybridized carbons (Fsp3) is 0.0476. The Morgan fingerprint density at radius 2 is 1.76 bits per heavy atom. The molecule has 0 saturated heterocycles. The average Bonchev–Trinajstić information content (AvgIpc) is 3.12. The van der Waals surface area contributed by atoms with Crippen molar-refractivity contribution in [3.05, 3.63) is 98.9 Å². The van der Waals surface area contributed by atoms with Gasteiger partial charge in [-0.2, -0.15) is 0 Å². The molecule has 2 heterocycles. The maximum Gasteiger partial charge on any atom is 0.271 e. The van der Waals surface area contributed by atoms with E-state index < -0.39 is 17.4 Å². The van der Waals surface area contributed by atoms with Gasteiger partial charge in [0.15, 0.2) is 4.96 Å². The molecule has 0 aliphatic rings. The van der Waals surface area contributed by atoms with E-state index in [0.717, 1.165) is 10.4 Å². The SMILES string of the molecule is NC(=O)c1ccccc1NC(=O)c1cnc2sc(Cc3ccccc3)cn2c1=O. The summed E-state index contributed by atoms with van der Waals surface area (Å²) in [5.74, 6) is -1.32. The maximum atomic E-state index is 12.8. The Hall–Kier alpha value is -3.78. The van der Waals surface area contributed by atoms with E-state index in [4.69, 9.17) is 5.73 Å². The standard InChI is InChI=1S/C21H16N4O3S/c22-18(26)15-8-4-5-9-17(15)24-19(27)16-11-23-21-25(20(16)28)12-14(29-21)10-13-6-2-1-3-7-13/h1-9,11-12H,10H2,(H2,22,26)(H,24,27). The van der Waals surface area contributed by atoms with E-state index in [-0.39, 0.29) is 16.8 Å². The van der Waals surface area contributed by atoms with Gasteiger partial charge < -0.3 is 11.1 Å². The van der Waals surface area contributed by atoms with Crippen molar-refractivity contribution in [1.82, 2.24) is 9.38 Å². The van der Waals surface area contributed by atoms with Crippen LogP contribution in [0.25, 0.3) is 4.96 Å². The van der Waals surface area contributed by atoms with Crippen LogP contribution >= 0.6 is 11.3 Å². The first kappa shape index (κ1) is 18.6. The third-order valence-electron chi connectivity index (χ3n) is 4.36. The molecule has 144 valence electrons. The third-order valence-corrected chi connectivity index (χ3v) is 5.36. The van der Waals surface area contributed by atoms with Crippen molar-refractivity contribution in [2.45, 2.75) is 6.42 Å². The van der Waals surface area contributed by atoms with E-state index in [9.17, 15) is 14.4 Å². The molecule has 4 aromatic rings. The van der Waals surface area contributed by atoms with Crippen molar-refractivity contribution >= 4 is 33.8 Å². The number of fused-ring (bicyclic) bond motifs is 1. The van der Waals surface area contributed by atoms with Crippen LogP contribution in [0.3, 0.4) is 0 Å². The summed E-state index contributed by atoms with van der Waals surface area (Å²) in [6.45, 7) is 0. The van der Waals surface area contributed by atoms with Gasteiger partial charge in [0, 0.05) is 23.7 Å². The molecule has 2 aromatic carbocycles. The zero-order chi connectivity index (χ0) is 20.4. The van der Waals surface area contributed by atoms with E-state index >= 15 is 0 Å². The molecule has 0 aliphatic heterocycles. The van der Waals surface area contributed by atoms with Gasteiger partial charge in [-0.15, -0.1) is 11.3 Å². The summed E-state index contributed by atoms with van der Waals surface area (Å²) in [5.41, 5.74) is 6.26. The molecule has 0 atom stereocenters. The molecule has 4 rings (SSSR count). The molecular formula is C21H16N4O3S. The highest BCUT2D eigenvalue weighted by Gasteiger charge is 2.17. The van der Waals surface area contributed by atoms with Crippen molar-refractivity contribution in [3.63, 3.8) is 0 Å². The highest BCUT2D eigenvalue weighted by molar-refractivity contribution is 7.17. The minimum absolute atomic E-state index is 0.120. The van der Waals surface area contributed by atoms with Crippen LogP contribution in [0.1, 0.15) is 31.2 Å². The number of nitrogens with two attached hydrogens (primary N) is 1. The van der Waals surface area contributed by atoms with Crippen LogP contribution in [0.5, 0.6) is 0 Å². The lowest BCUT2D eigenvalue weighted by atomic mass is 10.1. The largest absolute Gasteiger partial charge is 0.366 e. The zero-order valence-electron chi connectivity index (χ0n) is 15.2. The summed E-state index contributed by atoms with van der Waals surface area (Å²) in [7, 11) is 0. The van der Waals surface area contributed by atoms with Crippen molar-refractivity contribution in [2.75, 3.05) is 5.32 Å². The van der Waals surface area contributed by atoms with Crippen LogP contribution in [-0.4, -0.2) is 21.2 Å². The third kappa shape index (κ3) is 3.78. The molecule has 7 nitrogen and oxygen atoms in total. The van der Waals surface area contributed by atoms with E-state index in [1.54, 1.807) is 24.4 Å². The Bertz CT molecular complexity index is 1280. The Morgan fingerprint density at radius 3 is 2.52 bits per heavy atom. The number of carbonyl (C=O) groups excluding carboxylic acids is 2. The highest BCUT2D eigenvalue weighted by Crippen LogP contribution is 2.19. The molecule has 0 aliphatic carbocycles. The molecule has 0 fully saturated rings. The molecule has 29 heavy (non-hydrogen) atoms. The lowest BCUT2D eigenvalue weighted by Crippen LogP contribution is -2.26. The van der Waals surface area contributed by atoms with Crippen LogP contribution in [0, 0.1) is 0 Å². The number of aromatic nitrogens is 2. The number of hydrogen-bond acceptors (Lipinski definition) is 5. The molecule has 0 unspecified atom stereocenters. The van der Waals surface area contributed by atoms with E-state index in [1.807, 2.05) is 30.3 Å². The molecule has 3 N–H and O–H groups in total. The smallest absolute Gasteiger partial charge is 0.271 e. The van der Waals surface area contributed by atoms with Crippen molar-refractivity contribution in [3.8, 4) is 0 Å². The fourth-order valence-electron chi connectivity index (χ4n) is 2.96. The first-order valence-electron chi connectivity index (χ1n) is 8.77. The number of amides is 2. The zero-order valence-corrected chi connectivity index (χ0v) is 16.0. The van der Waals surface area contributed by atoms with Crippen molar-refractivity contribution < 1.29 is 9.59 Å². The number of thiazole rings is 1. The van der Waals surface area contributed by atoms with Gasteiger partial charge in [0.25, 0.3) is 17.4 Å². The molecule has 0 spiro atoms. The molecule has 0 saturated carbocycles. The van der Waals surface area contributed by atoms with Gasteiger partial charge in [-0.05, 0) is 17.7 Å². The van der Waals surface area contributed by atoms with Crippen LogP contribution in [0.15, 0.2) is 71.8 Å². The normalized spacial score (nSPS) is 10.8. The van der Waals surface area contributed by atoms with E-state index in [1.165, 1.54) is 28.0 Å². The van der Waals surface area contributed by atoms with E-state index in [2.05, 4.69) is 10.3 Å². The summed E-state index contributed by atoms with van der Waals surface area (Å²) >= 11 is 1.40. The molecule has 0 radical (unpaired) electrons. The number of hydrogen-bond donors (Lipinski definition) is 2. The second-order valence-electron chi connectivity index (χ2n) is 6.35. The number of anilines is 1. The molecule has 0 bridgehead atoms. The van der Waals surface area contributed by atoms with Gasteiger partial charge in [-0.1, -0.05) is 42.5 Å². The first-order chi connectivity index (χ1) is 14.0. The molecule has 2 amide bonds. The summed E-state index contributed by atoms with van der Waals surface area (Å²) in [5, 5.41) is 2.57. The average molecular weight is 404 g/mol. The minimum Gasteiger partial charge on any atom is -0.366 e. The van der Waals surface area contributed by atoms with Crippen molar-refractivity contribution in [1.29, 1.82) is 0 Å². The Balaban J connectivity index is 1.65. The second kappa shape index (κ2) is 7.69. The number of nitrogens with zero attached hydrogens (tertiary/aromatic N) is 2. The lowest BCUT2D eigenvalue weighted by Gasteiger charge is -2.08. The number of rotatable bonds is 5. The Morgan fingerprint density at radius 1 is 1.03 bits per heavy atom. The van der Waals surface area contributed by atoms with Crippen LogP contribution in [0.2, 0.25) is 0 Å². The summed E-state index contributed by atoms with van der Waals surface area (Å²) in [4.78, 5) is 42.7. The Kier molecular flexibility index (Phi) is 4.92. The first-order valence-corrected chi connectivity index (χ1v) is 9.59. The van der Waals surface area contributed by atoms with Crippen molar-refractivity contribution in [2.24, 2.45) is 5.73 Å². The molecule has 8 heteroatoms. The monoisotopic (exact) mass is 404 g/mol. The number of benzene rings is 2. The topological polar surface area (TPSA) is 107 Å². The van der Waals surface area contributed by atoms with Gasteiger partial charge in [-0.25, -0.2) is 4.98 Å². The van der Waals surface area contributed by atoms with Crippen LogP contribution in [-0.2, 0) is 6.42 Å². The summed E-state index contributed by atoms with van der Waals surface area (Å²) in [6, 6.07) is 16.2. The second-order valence-corrected chi connectivity index (χ2v) is 7.45. The Labute approximate surface area is 169 Å². The highest BCUT2D eigenvalue weighted by atomic mass is 32.1. The number of para-hydroxylation sites is 1. The summed E-state index contributed by atoms with van der Waals surface area (Å²) in [6.07, 6.45) is 3.63. The van der Waals surface area contributed by atoms with Crippen LogP contribution < -0.4 is 16.6 Å². The molecular weight excluding hydrogens is 388 g/mol. The number of primary amides is 1. The number of carbonyl (C=O) groups is 2. The minimum atomic E-state index is -0.672. The van der Waals surface area contributed by atoms with Gasteiger partial charge in [0.1, 0.15) is 5.56 Å². The van der Waals surface area contributed by atoms with Gasteiger partial charge in [0.2, 0.25) is 0 Å². The maximum absolute atomic E-state index is 12.8.